The number of carboxylic acids is 1. The normalized spacial score (nSPS) is 20.4. The highest BCUT2D eigenvalue weighted by Crippen LogP contribution is 2.29. The fourth-order valence-electron chi connectivity index (χ4n) is 3.73. The molecule has 0 unspecified atom stereocenters. The van der Waals surface area contributed by atoms with Crippen molar-refractivity contribution in [2.24, 2.45) is 11.7 Å². The number of halogens is 1. The molecule has 1 saturated heterocycles. The fraction of sp³-hybridized carbons (Fsp3) is 0.619. The predicted octanol–water partition coefficient (Wildman–Crippen LogP) is 1.75. The van der Waals surface area contributed by atoms with Crippen molar-refractivity contribution in [3.8, 4) is 0 Å². The third kappa shape index (κ3) is 5.52. The molecule has 3 atom stereocenters. The summed E-state index contributed by atoms with van der Waals surface area (Å²) in [6.45, 7) is 8.21. The molecule has 7 nitrogen and oxygen atoms in total. The van der Waals surface area contributed by atoms with E-state index in [4.69, 9.17) is 5.73 Å². The summed E-state index contributed by atoms with van der Waals surface area (Å²) in [7, 11) is 0. The first kappa shape index (κ1) is 23.3. The molecular formula is C21H32FN3O4. The quantitative estimate of drug-likeness (QED) is 0.604. The van der Waals surface area contributed by atoms with Gasteiger partial charge in [-0.25, -0.2) is 4.39 Å². The molecule has 1 amide bonds. The van der Waals surface area contributed by atoms with E-state index in [0.717, 1.165) is 5.56 Å². The van der Waals surface area contributed by atoms with Crippen molar-refractivity contribution in [3.63, 3.8) is 0 Å². The average molecular weight is 410 g/mol. The highest BCUT2D eigenvalue weighted by atomic mass is 19.1. The Morgan fingerprint density at radius 2 is 2.03 bits per heavy atom. The van der Waals surface area contributed by atoms with Gasteiger partial charge in [0.25, 0.3) is 0 Å². The van der Waals surface area contributed by atoms with Gasteiger partial charge in [0.05, 0.1) is 18.6 Å². The summed E-state index contributed by atoms with van der Waals surface area (Å²) in [6, 6.07) is 3.70. The lowest BCUT2D eigenvalue weighted by Gasteiger charge is -2.48. The van der Waals surface area contributed by atoms with Crippen molar-refractivity contribution >= 4 is 17.6 Å². The maximum Gasteiger partial charge on any atom is 0.306 e. The number of aryl methyl sites for hydroxylation is 1. The molecule has 0 saturated carbocycles. The number of carbonyl (C=O) groups is 2. The number of hydrogen-bond acceptors (Lipinski definition) is 5. The van der Waals surface area contributed by atoms with Crippen molar-refractivity contribution in [2.75, 3.05) is 24.5 Å². The van der Waals surface area contributed by atoms with Crippen LogP contribution in [-0.2, 0) is 9.59 Å². The van der Waals surface area contributed by atoms with Crippen LogP contribution in [0.5, 0.6) is 0 Å². The van der Waals surface area contributed by atoms with E-state index in [1.165, 1.54) is 12.1 Å². The number of aliphatic hydroxyl groups is 1. The van der Waals surface area contributed by atoms with E-state index in [0.29, 0.717) is 18.7 Å². The number of benzene rings is 1. The minimum atomic E-state index is -0.981. The minimum absolute atomic E-state index is 0.0732. The predicted molar refractivity (Wildman–Crippen MR) is 109 cm³/mol. The molecular weight excluding hydrogens is 377 g/mol. The van der Waals surface area contributed by atoms with Crippen LogP contribution < -0.4 is 10.6 Å². The van der Waals surface area contributed by atoms with E-state index in [-0.39, 0.29) is 25.4 Å². The van der Waals surface area contributed by atoms with Gasteiger partial charge in [-0.15, -0.1) is 0 Å². The molecule has 4 N–H and O–H groups in total. The van der Waals surface area contributed by atoms with Crippen LogP contribution in [0, 0.1) is 18.7 Å². The van der Waals surface area contributed by atoms with Crippen molar-refractivity contribution in [2.45, 2.75) is 58.2 Å². The number of carboxylic acid groups (broad SMARTS) is 1. The second-order valence-electron chi connectivity index (χ2n) is 8.51. The Kier molecular flexibility index (Phi) is 7.37. The minimum Gasteiger partial charge on any atom is -0.481 e. The number of anilines is 1. The molecule has 1 aliphatic heterocycles. The first-order chi connectivity index (χ1) is 13.5. The standard InChI is InChI=1S/C21H32FN3O4/c1-5-14(20(28)29)8-18(26)16(23)10-24-11-19(27)25(12-21(24,3)4)17-9-15(22)7-6-13(17)2/h6-7,9,14,16,18,26H,5,8,10-12,23H2,1-4H3,(H,28,29)/t14-,16+,18+/m1/s1. The first-order valence-electron chi connectivity index (χ1n) is 9.94. The van der Waals surface area contributed by atoms with Gasteiger partial charge in [-0.05, 0) is 51.3 Å². The molecule has 1 aliphatic rings. The summed E-state index contributed by atoms with van der Waals surface area (Å²) in [5, 5.41) is 19.6. The third-order valence-corrected chi connectivity index (χ3v) is 5.78. The Hall–Kier alpha value is -2.03. The number of carbonyl (C=O) groups excluding carboxylic acids is 1. The van der Waals surface area contributed by atoms with Crippen LogP contribution in [-0.4, -0.2) is 64.3 Å². The Morgan fingerprint density at radius 3 is 2.62 bits per heavy atom. The number of nitrogens with two attached hydrogens (primary N) is 1. The zero-order valence-electron chi connectivity index (χ0n) is 17.6. The Labute approximate surface area is 171 Å². The van der Waals surface area contributed by atoms with Crippen molar-refractivity contribution in [3.05, 3.63) is 29.6 Å². The summed E-state index contributed by atoms with van der Waals surface area (Å²) in [5.74, 6) is -2.17. The monoisotopic (exact) mass is 409 g/mol. The molecule has 29 heavy (non-hydrogen) atoms. The van der Waals surface area contributed by atoms with Crippen LogP contribution in [0.4, 0.5) is 10.1 Å². The van der Waals surface area contributed by atoms with Crippen LogP contribution in [0.3, 0.4) is 0 Å². The first-order valence-corrected chi connectivity index (χ1v) is 9.94. The molecule has 0 spiro atoms. The summed E-state index contributed by atoms with van der Waals surface area (Å²) < 4.78 is 13.7. The van der Waals surface area contributed by atoms with Gasteiger partial charge in [-0.1, -0.05) is 13.0 Å². The second kappa shape index (κ2) is 9.19. The van der Waals surface area contributed by atoms with E-state index < -0.39 is 35.4 Å². The second-order valence-corrected chi connectivity index (χ2v) is 8.51. The number of aliphatic carboxylic acids is 1. The summed E-state index contributed by atoms with van der Waals surface area (Å²) in [5.41, 5.74) is 7.06. The van der Waals surface area contributed by atoms with Crippen LogP contribution in [0.25, 0.3) is 0 Å². The molecule has 1 heterocycles. The molecule has 1 aromatic carbocycles. The largest absolute Gasteiger partial charge is 0.481 e. The topological polar surface area (TPSA) is 107 Å². The van der Waals surface area contributed by atoms with Gasteiger partial charge >= 0.3 is 5.97 Å². The van der Waals surface area contributed by atoms with Crippen LogP contribution in [0.1, 0.15) is 39.2 Å². The third-order valence-electron chi connectivity index (χ3n) is 5.78. The Bertz CT molecular complexity index is 755. The fourth-order valence-corrected chi connectivity index (χ4v) is 3.73. The average Bonchev–Trinajstić information content (AvgIpc) is 2.64. The highest BCUT2D eigenvalue weighted by Gasteiger charge is 2.40. The Morgan fingerprint density at radius 1 is 1.38 bits per heavy atom. The highest BCUT2D eigenvalue weighted by molar-refractivity contribution is 5.96. The number of nitrogens with zero attached hydrogens (tertiary/aromatic N) is 2. The molecule has 0 aliphatic carbocycles. The van der Waals surface area contributed by atoms with Crippen LogP contribution in [0.15, 0.2) is 18.2 Å². The summed E-state index contributed by atoms with van der Waals surface area (Å²) in [4.78, 5) is 27.5. The number of amides is 1. The van der Waals surface area contributed by atoms with E-state index >= 15 is 0 Å². The van der Waals surface area contributed by atoms with Gasteiger partial charge in [0.15, 0.2) is 0 Å². The summed E-state index contributed by atoms with van der Waals surface area (Å²) in [6.07, 6.45) is -0.496. The van der Waals surface area contributed by atoms with Gasteiger partial charge < -0.3 is 20.8 Å². The zero-order chi connectivity index (χ0) is 21.9. The lowest BCUT2D eigenvalue weighted by molar-refractivity contribution is -0.143. The van der Waals surface area contributed by atoms with Crippen molar-refractivity contribution in [1.82, 2.24) is 4.90 Å². The maximum absolute atomic E-state index is 13.7. The Balaban J connectivity index is 2.10. The van der Waals surface area contributed by atoms with Gasteiger partial charge in [0.1, 0.15) is 5.82 Å². The lowest BCUT2D eigenvalue weighted by atomic mass is 9.92. The maximum atomic E-state index is 13.7. The lowest BCUT2D eigenvalue weighted by Crippen LogP contribution is -2.64. The zero-order valence-corrected chi connectivity index (χ0v) is 17.6. The SMILES string of the molecule is CC[C@H](C[C@H](O)[C@@H](N)CN1CC(=O)N(c2cc(F)ccc2C)CC1(C)C)C(=O)O. The van der Waals surface area contributed by atoms with Gasteiger partial charge in [0, 0.05) is 30.4 Å². The molecule has 1 aromatic rings. The molecule has 2 rings (SSSR count). The van der Waals surface area contributed by atoms with E-state index in [9.17, 15) is 24.2 Å². The number of rotatable bonds is 8. The van der Waals surface area contributed by atoms with E-state index in [1.54, 1.807) is 17.9 Å². The smallest absolute Gasteiger partial charge is 0.306 e. The number of piperazine rings is 1. The number of aliphatic hydroxyl groups excluding tert-OH is 1. The summed E-state index contributed by atoms with van der Waals surface area (Å²) >= 11 is 0. The van der Waals surface area contributed by atoms with Crippen molar-refractivity contribution in [1.29, 1.82) is 0 Å². The van der Waals surface area contributed by atoms with E-state index in [1.807, 2.05) is 25.7 Å². The van der Waals surface area contributed by atoms with Crippen LogP contribution >= 0.6 is 0 Å². The molecule has 0 bridgehead atoms. The number of hydrogen-bond donors (Lipinski definition) is 3. The van der Waals surface area contributed by atoms with Crippen molar-refractivity contribution < 1.29 is 24.2 Å². The molecule has 8 heteroatoms. The molecule has 0 radical (unpaired) electrons. The molecule has 162 valence electrons. The molecule has 1 fully saturated rings. The van der Waals surface area contributed by atoms with Gasteiger partial charge in [-0.2, -0.15) is 0 Å². The van der Waals surface area contributed by atoms with E-state index in [2.05, 4.69) is 0 Å². The van der Waals surface area contributed by atoms with Gasteiger partial charge in [0.2, 0.25) is 5.91 Å². The molecule has 0 aromatic heterocycles. The van der Waals surface area contributed by atoms with Gasteiger partial charge in [-0.3, -0.25) is 14.5 Å². The van der Waals surface area contributed by atoms with Crippen LogP contribution in [0.2, 0.25) is 0 Å².